The molecule has 0 atom stereocenters. The minimum absolute atomic E-state index is 0.126. The SMILES string of the molecule is O=C(CCN1CCc2ccccc2C1)N1CCc2[nH]c(=O)c3cc(F)ccc3c2C1. The lowest BCUT2D eigenvalue weighted by Gasteiger charge is -2.32. The number of nitrogens with zero attached hydrogens (tertiary/aromatic N) is 2. The van der Waals surface area contributed by atoms with Crippen LogP contribution in [0.3, 0.4) is 0 Å². The molecule has 6 heteroatoms. The summed E-state index contributed by atoms with van der Waals surface area (Å²) in [5.41, 5.74) is 4.27. The van der Waals surface area contributed by atoms with E-state index in [1.165, 1.54) is 23.3 Å². The number of hydrogen-bond acceptors (Lipinski definition) is 3. The Morgan fingerprint density at radius 3 is 2.70 bits per heavy atom. The van der Waals surface area contributed by atoms with Crippen LogP contribution in [0.2, 0.25) is 0 Å². The molecule has 2 aliphatic heterocycles. The zero-order valence-electron chi connectivity index (χ0n) is 16.8. The molecule has 1 aromatic heterocycles. The first kappa shape index (κ1) is 19.0. The Morgan fingerprint density at radius 2 is 1.83 bits per heavy atom. The van der Waals surface area contributed by atoms with Crippen molar-refractivity contribution in [2.75, 3.05) is 19.6 Å². The third kappa shape index (κ3) is 3.52. The lowest BCUT2D eigenvalue weighted by molar-refractivity contribution is -0.132. The monoisotopic (exact) mass is 405 g/mol. The molecule has 5 nitrogen and oxygen atoms in total. The number of hydrogen-bond donors (Lipinski definition) is 1. The first-order valence-electron chi connectivity index (χ1n) is 10.5. The Kier molecular flexibility index (Phi) is 4.87. The second-order valence-corrected chi connectivity index (χ2v) is 8.21. The average Bonchev–Trinajstić information content (AvgIpc) is 2.77. The quantitative estimate of drug-likeness (QED) is 0.729. The van der Waals surface area contributed by atoms with E-state index in [1.807, 2.05) is 4.90 Å². The summed E-state index contributed by atoms with van der Waals surface area (Å²) in [5, 5.41) is 1.08. The number of benzene rings is 2. The molecule has 1 amide bonds. The number of rotatable bonds is 3. The zero-order valence-corrected chi connectivity index (χ0v) is 16.8. The van der Waals surface area contributed by atoms with Crippen molar-refractivity contribution >= 4 is 16.7 Å². The molecule has 0 radical (unpaired) electrons. The number of carbonyl (C=O) groups excluding carboxylic acids is 1. The van der Waals surface area contributed by atoms with Gasteiger partial charge in [-0.05, 0) is 40.6 Å². The zero-order chi connectivity index (χ0) is 20.7. The van der Waals surface area contributed by atoms with Gasteiger partial charge in [-0.1, -0.05) is 30.3 Å². The summed E-state index contributed by atoms with van der Waals surface area (Å²) in [4.78, 5) is 32.3. The van der Waals surface area contributed by atoms with Crippen molar-refractivity contribution in [2.24, 2.45) is 0 Å². The van der Waals surface area contributed by atoms with Gasteiger partial charge in [-0.15, -0.1) is 0 Å². The van der Waals surface area contributed by atoms with Gasteiger partial charge in [-0.3, -0.25) is 14.5 Å². The lowest BCUT2D eigenvalue weighted by Crippen LogP contribution is -2.39. The Balaban J connectivity index is 1.28. The van der Waals surface area contributed by atoms with Crippen molar-refractivity contribution in [3.05, 3.63) is 81.0 Å². The van der Waals surface area contributed by atoms with Gasteiger partial charge in [0.25, 0.3) is 5.56 Å². The molecular weight excluding hydrogens is 381 g/mol. The van der Waals surface area contributed by atoms with Gasteiger partial charge in [-0.2, -0.15) is 0 Å². The van der Waals surface area contributed by atoms with Gasteiger partial charge in [-0.25, -0.2) is 4.39 Å². The van der Waals surface area contributed by atoms with Gasteiger partial charge in [0, 0.05) is 51.3 Å². The van der Waals surface area contributed by atoms with Crippen molar-refractivity contribution in [1.29, 1.82) is 0 Å². The van der Waals surface area contributed by atoms with Crippen LogP contribution in [0.4, 0.5) is 4.39 Å². The Morgan fingerprint density at radius 1 is 1.00 bits per heavy atom. The Labute approximate surface area is 174 Å². The maximum Gasteiger partial charge on any atom is 0.256 e. The summed E-state index contributed by atoms with van der Waals surface area (Å²) in [6, 6.07) is 12.8. The molecule has 5 rings (SSSR count). The van der Waals surface area contributed by atoms with Gasteiger partial charge < -0.3 is 9.88 Å². The van der Waals surface area contributed by atoms with Crippen LogP contribution in [0.1, 0.15) is 28.8 Å². The van der Waals surface area contributed by atoms with Crippen LogP contribution in [0.5, 0.6) is 0 Å². The summed E-state index contributed by atoms with van der Waals surface area (Å²) < 4.78 is 13.6. The first-order valence-corrected chi connectivity index (χ1v) is 10.5. The van der Waals surface area contributed by atoms with E-state index < -0.39 is 5.82 Å². The summed E-state index contributed by atoms with van der Waals surface area (Å²) in [6.45, 7) is 3.66. The highest BCUT2D eigenvalue weighted by Crippen LogP contribution is 2.25. The number of H-pyrrole nitrogens is 1. The molecule has 2 aromatic carbocycles. The van der Waals surface area contributed by atoms with Crippen molar-refractivity contribution in [1.82, 2.24) is 14.8 Å². The van der Waals surface area contributed by atoms with E-state index in [9.17, 15) is 14.0 Å². The van der Waals surface area contributed by atoms with Gasteiger partial charge in [0.05, 0.1) is 5.39 Å². The van der Waals surface area contributed by atoms with Crippen molar-refractivity contribution in [3.63, 3.8) is 0 Å². The smallest absolute Gasteiger partial charge is 0.256 e. The van der Waals surface area contributed by atoms with Crippen LogP contribution in [0.25, 0.3) is 10.8 Å². The van der Waals surface area contributed by atoms with E-state index in [4.69, 9.17) is 0 Å². The molecule has 0 aliphatic carbocycles. The molecular formula is C24H24FN3O2. The molecule has 0 spiro atoms. The number of pyridine rings is 1. The highest BCUT2D eigenvalue weighted by molar-refractivity contribution is 5.86. The summed E-state index contributed by atoms with van der Waals surface area (Å²) >= 11 is 0. The van der Waals surface area contributed by atoms with Gasteiger partial charge in [0.1, 0.15) is 5.82 Å². The number of amides is 1. The predicted molar refractivity (Wildman–Crippen MR) is 114 cm³/mol. The van der Waals surface area contributed by atoms with E-state index >= 15 is 0 Å². The first-order chi connectivity index (χ1) is 14.6. The Bertz CT molecular complexity index is 1190. The van der Waals surface area contributed by atoms with Crippen LogP contribution < -0.4 is 5.56 Å². The van der Waals surface area contributed by atoms with E-state index in [-0.39, 0.29) is 11.5 Å². The minimum atomic E-state index is -0.431. The van der Waals surface area contributed by atoms with Crippen LogP contribution in [0.15, 0.2) is 47.3 Å². The van der Waals surface area contributed by atoms with Crippen LogP contribution in [-0.2, 0) is 30.7 Å². The predicted octanol–water partition coefficient (Wildman–Crippen LogP) is 3.00. The topological polar surface area (TPSA) is 56.4 Å². The fourth-order valence-corrected chi connectivity index (χ4v) is 4.69. The number of carbonyl (C=O) groups is 1. The number of nitrogens with one attached hydrogen (secondary N) is 1. The fraction of sp³-hybridized carbons (Fsp3) is 0.333. The normalized spacial score (nSPS) is 16.4. The molecule has 0 unspecified atom stereocenters. The number of aromatic nitrogens is 1. The standard InChI is InChI=1S/C24H24FN3O2/c25-18-5-6-19-20(13-18)24(30)26-22-8-12-28(15-21(19)22)23(29)9-11-27-10-7-16-3-1-2-4-17(16)14-27/h1-6,13H,7-12,14-15H2,(H,26,30). The average molecular weight is 405 g/mol. The van der Waals surface area contributed by atoms with Gasteiger partial charge >= 0.3 is 0 Å². The van der Waals surface area contributed by atoms with E-state index in [2.05, 4.69) is 34.1 Å². The number of halogens is 1. The molecule has 3 heterocycles. The molecule has 0 saturated carbocycles. The highest BCUT2D eigenvalue weighted by Gasteiger charge is 2.24. The van der Waals surface area contributed by atoms with Crippen molar-refractivity contribution in [3.8, 4) is 0 Å². The largest absolute Gasteiger partial charge is 0.338 e. The number of aromatic amines is 1. The molecule has 154 valence electrons. The summed E-state index contributed by atoms with van der Waals surface area (Å²) in [7, 11) is 0. The Hall–Kier alpha value is -2.99. The third-order valence-corrected chi connectivity index (χ3v) is 6.37. The molecule has 1 N–H and O–H groups in total. The molecule has 3 aromatic rings. The number of fused-ring (bicyclic) bond motifs is 4. The summed E-state index contributed by atoms with van der Waals surface area (Å²) in [5.74, 6) is -0.305. The second-order valence-electron chi connectivity index (χ2n) is 8.21. The molecule has 0 saturated heterocycles. The maximum atomic E-state index is 13.6. The van der Waals surface area contributed by atoms with E-state index in [0.717, 1.165) is 42.7 Å². The van der Waals surface area contributed by atoms with Crippen LogP contribution >= 0.6 is 0 Å². The molecule has 30 heavy (non-hydrogen) atoms. The van der Waals surface area contributed by atoms with Crippen LogP contribution in [0, 0.1) is 5.82 Å². The van der Waals surface area contributed by atoms with E-state index in [0.29, 0.717) is 31.3 Å². The third-order valence-electron chi connectivity index (χ3n) is 6.37. The van der Waals surface area contributed by atoms with E-state index in [1.54, 1.807) is 6.07 Å². The lowest BCUT2D eigenvalue weighted by atomic mass is 9.98. The molecule has 0 fully saturated rings. The highest BCUT2D eigenvalue weighted by atomic mass is 19.1. The fourth-order valence-electron chi connectivity index (χ4n) is 4.69. The minimum Gasteiger partial charge on any atom is -0.338 e. The second kappa shape index (κ2) is 7.69. The molecule has 0 bridgehead atoms. The van der Waals surface area contributed by atoms with Crippen LogP contribution in [-0.4, -0.2) is 40.3 Å². The summed E-state index contributed by atoms with van der Waals surface area (Å²) in [6.07, 6.45) is 2.12. The van der Waals surface area contributed by atoms with Gasteiger partial charge in [0.2, 0.25) is 5.91 Å². The molecule has 2 aliphatic rings. The maximum absolute atomic E-state index is 13.6. The van der Waals surface area contributed by atoms with Crippen molar-refractivity contribution in [2.45, 2.75) is 32.4 Å². The van der Waals surface area contributed by atoms with Gasteiger partial charge in [0.15, 0.2) is 0 Å². The van der Waals surface area contributed by atoms with Crippen molar-refractivity contribution < 1.29 is 9.18 Å².